The molecule has 1 aromatic carbocycles. The van der Waals surface area contributed by atoms with E-state index in [1.807, 2.05) is 11.8 Å². The fourth-order valence-corrected chi connectivity index (χ4v) is 4.46. The van der Waals surface area contributed by atoms with Crippen molar-refractivity contribution in [2.24, 2.45) is 0 Å². The largest absolute Gasteiger partial charge is 0.494 e. The van der Waals surface area contributed by atoms with E-state index < -0.39 is 0 Å². The van der Waals surface area contributed by atoms with Gasteiger partial charge in [0, 0.05) is 19.1 Å². The molecule has 1 aliphatic carbocycles. The lowest BCUT2D eigenvalue weighted by molar-refractivity contribution is 0.0715. The van der Waals surface area contributed by atoms with E-state index in [0.717, 1.165) is 70.6 Å². The average molecular weight is 389 g/mol. The molecule has 0 spiro atoms. The highest BCUT2D eigenvalue weighted by Crippen LogP contribution is 2.28. The number of carbonyl (C=O) groups is 1. The number of ether oxygens (including phenoxy) is 2. The second-order valence-corrected chi connectivity index (χ2v) is 7.96. The minimum absolute atomic E-state index is 0.132. The molecule has 0 aromatic heterocycles. The van der Waals surface area contributed by atoms with Gasteiger partial charge >= 0.3 is 6.09 Å². The topological polar surface area (TPSA) is 42.0 Å². The summed E-state index contributed by atoms with van der Waals surface area (Å²) in [6, 6.07) is 7.24. The maximum Gasteiger partial charge on any atom is 0.409 e. The molecule has 0 bridgehead atoms. The number of fused-ring (bicyclic) bond motifs is 1. The molecule has 0 saturated carbocycles. The van der Waals surface area contributed by atoms with Gasteiger partial charge in [-0.3, -0.25) is 0 Å². The first-order valence-electron chi connectivity index (χ1n) is 11.1. The van der Waals surface area contributed by atoms with Gasteiger partial charge in [0.2, 0.25) is 0 Å². The lowest BCUT2D eigenvalue weighted by atomic mass is 9.87. The van der Waals surface area contributed by atoms with E-state index in [1.54, 1.807) is 0 Å². The Labute approximate surface area is 170 Å². The summed E-state index contributed by atoms with van der Waals surface area (Å²) in [6.45, 7) is 9.55. The third-order valence-electron chi connectivity index (χ3n) is 5.90. The number of hydrogen-bond donors (Lipinski definition) is 0. The van der Waals surface area contributed by atoms with Crippen LogP contribution in [-0.4, -0.2) is 61.3 Å². The quantitative estimate of drug-likeness (QED) is 0.561. The molecule has 0 radical (unpaired) electrons. The number of amides is 1. The Kier molecular flexibility index (Phi) is 8.01. The average Bonchev–Trinajstić information content (AvgIpc) is 2.71. The summed E-state index contributed by atoms with van der Waals surface area (Å²) in [5, 5.41) is 0. The van der Waals surface area contributed by atoms with Gasteiger partial charge in [0.25, 0.3) is 0 Å². The van der Waals surface area contributed by atoms with Crippen molar-refractivity contribution in [1.82, 2.24) is 9.80 Å². The summed E-state index contributed by atoms with van der Waals surface area (Å²) >= 11 is 0. The van der Waals surface area contributed by atoms with E-state index >= 15 is 0 Å². The molecule has 156 valence electrons. The molecular formula is C23H36N2O3. The van der Waals surface area contributed by atoms with Crippen molar-refractivity contribution >= 4 is 6.09 Å². The molecule has 1 atom stereocenters. The minimum Gasteiger partial charge on any atom is -0.494 e. The summed E-state index contributed by atoms with van der Waals surface area (Å²) in [5.74, 6) is 1.00. The smallest absolute Gasteiger partial charge is 0.409 e. The number of carbonyl (C=O) groups excluding carboxylic acids is 1. The standard InChI is InChI=1S/C23H36N2O3/c1-3-12-24(13-5-6-14-25-15-7-16-28-23(25)26)21-10-8-20-18-22(27-4-2)11-9-19(20)17-21/h9,11,18,21H,3-8,10,12-17H2,1-2H3. The lowest BCUT2D eigenvalue weighted by Gasteiger charge is -2.35. The molecule has 28 heavy (non-hydrogen) atoms. The molecule has 1 saturated heterocycles. The van der Waals surface area contributed by atoms with Gasteiger partial charge < -0.3 is 19.3 Å². The first-order valence-corrected chi connectivity index (χ1v) is 11.1. The van der Waals surface area contributed by atoms with Crippen LogP contribution in [0.2, 0.25) is 0 Å². The third kappa shape index (κ3) is 5.63. The van der Waals surface area contributed by atoms with Gasteiger partial charge in [0.1, 0.15) is 5.75 Å². The van der Waals surface area contributed by atoms with Gasteiger partial charge in [-0.2, -0.15) is 0 Å². The fraction of sp³-hybridized carbons (Fsp3) is 0.696. The Hall–Kier alpha value is -1.75. The van der Waals surface area contributed by atoms with Crippen LogP contribution in [0.3, 0.4) is 0 Å². The van der Waals surface area contributed by atoms with Crippen molar-refractivity contribution in [2.45, 2.75) is 64.8 Å². The minimum atomic E-state index is -0.132. The summed E-state index contributed by atoms with van der Waals surface area (Å²) < 4.78 is 10.8. The molecule has 1 fully saturated rings. The van der Waals surface area contributed by atoms with Crippen molar-refractivity contribution in [3.63, 3.8) is 0 Å². The Balaban J connectivity index is 1.49. The highest BCUT2D eigenvalue weighted by atomic mass is 16.6. The van der Waals surface area contributed by atoms with E-state index in [2.05, 4.69) is 30.0 Å². The van der Waals surface area contributed by atoms with E-state index in [9.17, 15) is 4.79 Å². The Morgan fingerprint density at radius 3 is 2.89 bits per heavy atom. The number of rotatable bonds is 10. The lowest BCUT2D eigenvalue weighted by Crippen LogP contribution is -2.41. The van der Waals surface area contributed by atoms with Crippen molar-refractivity contribution in [1.29, 1.82) is 0 Å². The molecule has 2 aliphatic rings. The van der Waals surface area contributed by atoms with E-state index in [-0.39, 0.29) is 6.09 Å². The predicted octanol–water partition coefficient (Wildman–Crippen LogP) is 4.28. The fourth-order valence-electron chi connectivity index (χ4n) is 4.46. The molecule has 3 rings (SSSR count). The van der Waals surface area contributed by atoms with Crippen LogP contribution in [0, 0.1) is 0 Å². The van der Waals surface area contributed by atoms with Gasteiger partial charge in [0.15, 0.2) is 0 Å². The van der Waals surface area contributed by atoms with Gasteiger partial charge in [-0.1, -0.05) is 13.0 Å². The van der Waals surface area contributed by atoms with Crippen LogP contribution in [0.1, 0.15) is 57.1 Å². The Morgan fingerprint density at radius 2 is 2.11 bits per heavy atom. The van der Waals surface area contributed by atoms with Crippen LogP contribution in [0.15, 0.2) is 18.2 Å². The zero-order valence-electron chi connectivity index (χ0n) is 17.6. The summed E-state index contributed by atoms with van der Waals surface area (Å²) in [7, 11) is 0. The first-order chi connectivity index (χ1) is 13.7. The van der Waals surface area contributed by atoms with Gasteiger partial charge in [-0.25, -0.2) is 4.79 Å². The van der Waals surface area contributed by atoms with Crippen LogP contribution in [0.5, 0.6) is 5.75 Å². The highest BCUT2D eigenvalue weighted by molar-refractivity contribution is 5.68. The zero-order chi connectivity index (χ0) is 19.8. The number of cyclic esters (lactones) is 1. The van der Waals surface area contributed by atoms with Crippen molar-refractivity contribution in [3.8, 4) is 5.75 Å². The number of aryl methyl sites for hydroxylation is 1. The second-order valence-electron chi connectivity index (χ2n) is 7.96. The summed E-state index contributed by atoms with van der Waals surface area (Å²) in [4.78, 5) is 16.3. The van der Waals surface area contributed by atoms with Gasteiger partial charge in [-0.05, 0) is 88.2 Å². The van der Waals surface area contributed by atoms with E-state index in [4.69, 9.17) is 9.47 Å². The van der Waals surface area contributed by atoms with Crippen LogP contribution < -0.4 is 4.74 Å². The van der Waals surface area contributed by atoms with Gasteiger partial charge in [-0.15, -0.1) is 0 Å². The molecule has 5 nitrogen and oxygen atoms in total. The van der Waals surface area contributed by atoms with Crippen molar-refractivity contribution in [2.75, 3.05) is 39.4 Å². The third-order valence-corrected chi connectivity index (χ3v) is 5.90. The van der Waals surface area contributed by atoms with Crippen LogP contribution in [0.4, 0.5) is 4.79 Å². The number of benzene rings is 1. The van der Waals surface area contributed by atoms with Crippen molar-refractivity contribution < 1.29 is 14.3 Å². The predicted molar refractivity (Wildman–Crippen MR) is 112 cm³/mol. The maximum absolute atomic E-state index is 11.7. The maximum atomic E-state index is 11.7. The van der Waals surface area contributed by atoms with Crippen LogP contribution in [0.25, 0.3) is 0 Å². The Bertz CT molecular complexity index is 634. The second kappa shape index (κ2) is 10.7. The van der Waals surface area contributed by atoms with Crippen molar-refractivity contribution in [3.05, 3.63) is 29.3 Å². The van der Waals surface area contributed by atoms with E-state index in [0.29, 0.717) is 12.6 Å². The normalized spacial score (nSPS) is 19.5. The van der Waals surface area contributed by atoms with Gasteiger partial charge in [0.05, 0.1) is 13.2 Å². The molecule has 1 heterocycles. The van der Waals surface area contributed by atoms with E-state index in [1.165, 1.54) is 24.0 Å². The zero-order valence-corrected chi connectivity index (χ0v) is 17.6. The monoisotopic (exact) mass is 388 g/mol. The highest BCUT2D eigenvalue weighted by Gasteiger charge is 2.24. The Morgan fingerprint density at radius 1 is 1.21 bits per heavy atom. The SMILES string of the molecule is CCCN(CCCCN1CCCOC1=O)C1CCc2cc(OCC)ccc2C1. The molecule has 1 aromatic rings. The summed E-state index contributed by atoms with van der Waals surface area (Å²) in [6.07, 6.45) is 7.70. The molecule has 1 aliphatic heterocycles. The molecule has 5 heteroatoms. The number of hydrogen-bond acceptors (Lipinski definition) is 4. The number of nitrogens with zero attached hydrogens (tertiary/aromatic N) is 2. The molecule has 0 N–H and O–H groups in total. The number of unbranched alkanes of at least 4 members (excludes halogenated alkanes) is 1. The molecule has 1 amide bonds. The first kappa shape index (κ1) is 21.0. The summed E-state index contributed by atoms with van der Waals surface area (Å²) in [5.41, 5.74) is 2.94. The molecular weight excluding hydrogens is 352 g/mol. The van der Waals surface area contributed by atoms with Crippen LogP contribution >= 0.6 is 0 Å². The molecule has 1 unspecified atom stereocenters. The van der Waals surface area contributed by atoms with Crippen LogP contribution in [-0.2, 0) is 17.6 Å².